The van der Waals surface area contributed by atoms with Crippen LogP contribution in [0.1, 0.15) is 36.2 Å². The summed E-state index contributed by atoms with van der Waals surface area (Å²) in [7, 11) is 0. The van der Waals surface area contributed by atoms with Crippen LogP contribution >= 0.6 is 0 Å². The molecular weight excluding hydrogens is 486 g/mol. The largest absolute Gasteiger partial charge is 0.322 e. The molecule has 1 aromatic heterocycles. The van der Waals surface area contributed by atoms with Gasteiger partial charge in [0.15, 0.2) is 0 Å². The van der Waals surface area contributed by atoms with Crippen LogP contribution in [0.4, 0.5) is 16.3 Å². The Labute approximate surface area is 230 Å². The number of hydrogen-bond acceptors (Lipinski definition) is 3. The Bertz CT molecular complexity index is 1470. The van der Waals surface area contributed by atoms with Crippen molar-refractivity contribution >= 4 is 23.4 Å². The summed E-state index contributed by atoms with van der Waals surface area (Å²) < 4.78 is 1.78. The van der Waals surface area contributed by atoms with E-state index in [2.05, 4.69) is 10.6 Å². The van der Waals surface area contributed by atoms with E-state index in [1.165, 1.54) is 0 Å². The lowest BCUT2D eigenvalue weighted by Crippen LogP contribution is -2.42. The van der Waals surface area contributed by atoms with Crippen molar-refractivity contribution in [1.82, 2.24) is 14.7 Å². The number of urea groups is 1. The highest BCUT2D eigenvalue weighted by Crippen LogP contribution is 2.34. The average molecular weight is 524 g/mol. The van der Waals surface area contributed by atoms with Crippen LogP contribution in [-0.4, -0.2) is 39.7 Å². The van der Waals surface area contributed by atoms with Crippen LogP contribution < -0.4 is 10.6 Å². The topological polar surface area (TPSA) is 79.3 Å². The van der Waals surface area contributed by atoms with Crippen LogP contribution in [0.25, 0.3) is 16.8 Å². The molecule has 1 heterocycles. The van der Waals surface area contributed by atoms with Crippen LogP contribution in [-0.2, 0) is 4.79 Å². The van der Waals surface area contributed by atoms with Crippen molar-refractivity contribution in [1.29, 1.82) is 0 Å². The first-order chi connectivity index (χ1) is 18.6. The van der Waals surface area contributed by atoms with Crippen molar-refractivity contribution in [3.63, 3.8) is 0 Å². The smallest absolute Gasteiger partial charge is 0.315 e. The van der Waals surface area contributed by atoms with E-state index >= 15 is 0 Å². The lowest BCUT2D eigenvalue weighted by Gasteiger charge is -2.25. The van der Waals surface area contributed by atoms with E-state index in [0.717, 1.165) is 39.2 Å². The molecule has 0 aliphatic carbocycles. The first-order valence-corrected chi connectivity index (χ1v) is 13.3. The normalized spacial score (nSPS) is 10.9. The second kappa shape index (κ2) is 12.0. The maximum Gasteiger partial charge on any atom is 0.322 e. The molecule has 4 aromatic rings. The van der Waals surface area contributed by atoms with E-state index in [1.54, 1.807) is 9.58 Å². The molecular formula is C32H37N5O2. The Morgan fingerprint density at radius 1 is 0.846 bits per heavy atom. The van der Waals surface area contributed by atoms with E-state index in [1.807, 2.05) is 114 Å². The molecule has 2 N–H and O–H groups in total. The van der Waals surface area contributed by atoms with Gasteiger partial charge in [0.1, 0.15) is 12.4 Å². The summed E-state index contributed by atoms with van der Waals surface area (Å²) in [5.74, 6) is 0.470. The van der Waals surface area contributed by atoms with Gasteiger partial charge >= 0.3 is 6.03 Å². The van der Waals surface area contributed by atoms with E-state index in [4.69, 9.17) is 5.10 Å². The summed E-state index contributed by atoms with van der Waals surface area (Å²) >= 11 is 0. The fourth-order valence-electron chi connectivity index (χ4n) is 4.60. The second-order valence-corrected chi connectivity index (χ2v) is 10.4. The highest BCUT2D eigenvalue weighted by atomic mass is 16.2. The van der Waals surface area contributed by atoms with Crippen LogP contribution in [0, 0.1) is 33.6 Å². The molecule has 0 bridgehead atoms. The van der Waals surface area contributed by atoms with Crippen molar-refractivity contribution in [3.8, 4) is 16.8 Å². The molecule has 0 saturated heterocycles. The molecule has 7 heteroatoms. The Kier molecular flexibility index (Phi) is 8.49. The molecule has 3 amide bonds. The first-order valence-electron chi connectivity index (χ1n) is 13.3. The minimum absolute atomic E-state index is 0.0961. The minimum Gasteiger partial charge on any atom is -0.315 e. The monoisotopic (exact) mass is 523 g/mol. The number of para-hydroxylation sites is 1. The van der Waals surface area contributed by atoms with E-state index in [0.29, 0.717) is 18.1 Å². The third kappa shape index (κ3) is 6.55. The van der Waals surface area contributed by atoms with E-state index < -0.39 is 0 Å². The summed E-state index contributed by atoms with van der Waals surface area (Å²) in [4.78, 5) is 28.4. The molecule has 7 nitrogen and oxygen atoms in total. The fourth-order valence-corrected chi connectivity index (χ4v) is 4.60. The number of benzene rings is 3. The van der Waals surface area contributed by atoms with Gasteiger partial charge in [-0.15, -0.1) is 0 Å². The van der Waals surface area contributed by atoms with Crippen molar-refractivity contribution < 1.29 is 9.59 Å². The molecule has 0 aliphatic heterocycles. The number of nitrogens with zero attached hydrogens (tertiary/aromatic N) is 3. The molecule has 0 fully saturated rings. The van der Waals surface area contributed by atoms with Gasteiger partial charge in [0.05, 0.1) is 11.4 Å². The lowest BCUT2D eigenvalue weighted by atomic mass is 10.1. The molecule has 0 spiro atoms. The maximum absolute atomic E-state index is 13.5. The quantitative estimate of drug-likeness (QED) is 0.264. The molecule has 0 radical (unpaired) electrons. The van der Waals surface area contributed by atoms with Gasteiger partial charge < -0.3 is 15.5 Å². The van der Waals surface area contributed by atoms with E-state index in [9.17, 15) is 9.59 Å². The Hall–Kier alpha value is -4.39. The first kappa shape index (κ1) is 27.6. The molecule has 0 unspecified atom stereocenters. The number of aryl methyl sites for hydroxylation is 4. The zero-order valence-corrected chi connectivity index (χ0v) is 23.6. The SMILES string of the molecule is Cc1ccc(NC(=O)N(CC(=O)Nc2c(-c3ccccc3)c(C)nn2-c2ccccc2C)CC(C)C)cc1C. The average Bonchev–Trinajstić information content (AvgIpc) is 3.21. The summed E-state index contributed by atoms with van der Waals surface area (Å²) in [5.41, 5.74) is 7.46. The van der Waals surface area contributed by atoms with Gasteiger partial charge in [-0.3, -0.25) is 4.79 Å². The third-order valence-electron chi connectivity index (χ3n) is 6.69. The van der Waals surface area contributed by atoms with Crippen LogP contribution in [0.3, 0.4) is 0 Å². The number of hydrogen-bond donors (Lipinski definition) is 2. The molecule has 202 valence electrons. The number of aromatic nitrogens is 2. The van der Waals surface area contributed by atoms with E-state index in [-0.39, 0.29) is 24.4 Å². The number of rotatable bonds is 8. The van der Waals surface area contributed by atoms with Gasteiger partial charge in [0, 0.05) is 17.8 Å². The van der Waals surface area contributed by atoms with Crippen molar-refractivity contribution in [3.05, 3.63) is 95.2 Å². The summed E-state index contributed by atoms with van der Waals surface area (Å²) in [6.07, 6.45) is 0. The zero-order chi connectivity index (χ0) is 28.1. The van der Waals surface area contributed by atoms with Crippen LogP contribution in [0.2, 0.25) is 0 Å². The van der Waals surface area contributed by atoms with Crippen LogP contribution in [0.5, 0.6) is 0 Å². The van der Waals surface area contributed by atoms with Crippen LogP contribution in [0.15, 0.2) is 72.8 Å². The van der Waals surface area contributed by atoms with Crippen molar-refractivity contribution in [2.24, 2.45) is 5.92 Å². The van der Waals surface area contributed by atoms with Crippen molar-refractivity contribution in [2.75, 3.05) is 23.7 Å². The lowest BCUT2D eigenvalue weighted by molar-refractivity contribution is -0.116. The predicted octanol–water partition coefficient (Wildman–Crippen LogP) is 6.90. The van der Waals surface area contributed by atoms with Gasteiger partial charge in [-0.05, 0) is 74.1 Å². The summed E-state index contributed by atoms with van der Waals surface area (Å²) in [6, 6.07) is 23.3. The summed E-state index contributed by atoms with van der Waals surface area (Å²) in [5, 5.41) is 10.9. The molecule has 39 heavy (non-hydrogen) atoms. The maximum atomic E-state index is 13.5. The van der Waals surface area contributed by atoms with Gasteiger partial charge in [-0.1, -0.05) is 68.4 Å². The molecule has 0 aliphatic rings. The van der Waals surface area contributed by atoms with Gasteiger partial charge in [0.2, 0.25) is 5.91 Å². The number of carbonyl (C=O) groups is 2. The Morgan fingerprint density at radius 3 is 2.21 bits per heavy atom. The second-order valence-electron chi connectivity index (χ2n) is 10.4. The highest BCUT2D eigenvalue weighted by molar-refractivity contribution is 5.99. The number of amides is 3. The number of nitrogens with one attached hydrogen (secondary N) is 2. The third-order valence-corrected chi connectivity index (χ3v) is 6.69. The Balaban J connectivity index is 1.64. The number of carbonyl (C=O) groups excluding carboxylic acids is 2. The highest BCUT2D eigenvalue weighted by Gasteiger charge is 2.24. The molecule has 4 rings (SSSR count). The molecule has 0 atom stereocenters. The van der Waals surface area contributed by atoms with Gasteiger partial charge in [-0.25, -0.2) is 9.48 Å². The summed E-state index contributed by atoms with van der Waals surface area (Å²) in [6.45, 7) is 12.4. The number of anilines is 2. The van der Waals surface area contributed by atoms with Gasteiger partial charge in [-0.2, -0.15) is 5.10 Å². The molecule has 0 saturated carbocycles. The zero-order valence-electron chi connectivity index (χ0n) is 23.6. The van der Waals surface area contributed by atoms with Crippen molar-refractivity contribution in [2.45, 2.75) is 41.5 Å². The predicted molar refractivity (Wildman–Crippen MR) is 158 cm³/mol. The fraction of sp³-hybridized carbons (Fsp3) is 0.281. The van der Waals surface area contributed by atoms with Gasteiger partial charge in [0.25, 0.3) is 0 Å². The standard InChI is InChI=1S/C32H37N5O2/c1-21(2)19-36(32(39)33-27-17-16-22(3)24(5)18-27)20-29(38)34-31-30(26-13-8-7-9-14-26)25(6)35-37(31)28-15-11-10-12-23(28)4/h7-18,21H,19-20H2,1-6H3,(H,33,39)(H,34,38). The Morgan fingerprint density at radius 2 is 1.54 bits per heavy atom. The minimum atomic E-state index is -0.311. The molecule has 3 aromatic carbocycles.